The Kier molecular flexibility index (Phi) is 5.10. The number of hydrogen-bond acceptors (Lipinski definition) is 5. The van der Waals surface area contributed by atoms with Crippen LogP contribution >= 0.6 is 0 Å². The number of nitrogens with two attached hydrogens (primary N) is 1. The predicted molar refractivity (Wildman–Crippen MR) is 77.1 cm³/mol. The Labute approximate surface area is 116 Å². The zero-order valence-electron chi connectivity index (χ0n) is 13.2. The first-order valence-corrected chi connectivity index (χ1v) is 7.06. The minimum atomic E-state index is -0.407. The van der Waals surface area contributed by atoms with E-state index in [1.165, 1.54) is 0 Å². The second kappa shape index (κ2) is 6.01. The molecule has 5 heteroatoms. The van der Waals surface area contributed by atoms with E-state index in [0.717, 1.165) is 31.9 Å². The maximum Gasteiger partial charge on any atom is 0.234 e. The normalized spacial score (nSPS) is 13.3. The van der Waals surface area contributed by atoms with E-state index in [4.69, 9.17) is 10.3 Å². The summed E-state index contributed by atoms with van der Waals surface area (Å²) < 4.78 is 5.40. The highest BCUT2D eigenvalue weighted by molar-refractivity contribution is 5.10. The van der Waals surface area contributed by atoms with Crippen LogP contribution in [0.25, 0.3) is 0 Å². The van der Waals surface area contributed by atoms with Crippen LogP contribution in [-0.2, 0) is 11.8 Å². The van der Waals surface area contributed by atoms with Crippen LogP contribution in [0.3, 0.4) is 0 Å². The van der Waals surface area contributed by atoms with Crippen LogP contribution in [-0.4, -0.2) is 40.2 Å². The molecule has 0 unspecified atom stereocenters. The van der Waals surface area contributed by atoms with Gasteiger partial charge in [0.15, 0.2) is 5.82 Å². The Hall–Kier alpha value is -0.940. The summed E-state index contributed by atoms with van der Waals surface area (Å²) >= 11 is 0. The van der Waals surface area contributed by atoms with Gasteiger partial charge in [-0.15, -0.1) is 0 Å². The molecule has 0 radical (unpaired) electrons. The fraction of sp³-hybridized carbons (Fsp3) is 0.857. The summed E-state index contributed by atoms with van der Waals surface area (Å²) in [6, 6.07) is 0. The van der Waals surface area contributed by atoms with Gasteiger partial charge < -0.3 is 15.2 Å². The molecule has 0 saturated heterocycles. The summed E-state index contributed by atoms with van der Waals surface area (Å²) in [4.78, 5) is 6.85. The molecule has 0 aliphatic rings. The first kappa shape index (κ1) is 16.1. The first-order chi connectivity index (χ1) is 8.72. The van der Waals surface area contributed by atoms with E-state index in [1.807, 2.05) is 27.7 Å². The van der Waals surface area contributed by atoms with Crippen molar-refractivity contribution in [1.82, 2.24) is 15.0 Å². The monoisotopic (exact) mass is 268 g/mol. The van der Waals surface area contributed by atoms with Crippen molar-refractivity contribution in [2.45, 2.75) is 58.9 Å². The Morgan fingerprint density at radius 2 is 1.74 bits per heavy atom. The summed E-state index contributed by atoms with van der Waals surface area (Å²) in [5, 5.41) is 4.07. The van der Waals surface area contributed by atoms with E-state index in [9.17, 15) is 0 Å². The lowest BCUT2D eigenvalue weighted by atomic mass is 9.75. The fourth-order valence-corrected chi connectivity index (χ4v) is 1.68. The molecular weight excluding hydrogens is 240 g/mol. The number of likely N-dealkylation sites (N-methyl/N-ethyl adjacent to an activating group) is 1. The highest BCUT2D eigenvalue weighted by atomic mass is 16.5. The zero-order chi connectivity index (χ0) is 14.7. The van der Waals surface area contributed by atoms with Gasteiger partial charge in [-0.1, -0.05) is 19.0 Å². The van der Waals surface area contributed by atoms with Gasteiger partial charge in [0.1, 0.15) is 0 Å². The minimum absolute atomic E-state index is 0.340. The molecule has 0 saturated carbocycles. The lowest BCUT2D eigenvalue weighted by Crippen LogP contribution is -2.50. The molecule has 2 N–H and O–H groups in total. The Morgan fingerprint density at radius 3 is 2.21 bits per heavy atom. The fourth-order valence-electron chi connectivity index (χ4n) is 1.68. The zero-order valence-corrected chi connectivity index (χ0v) is 13.2. The third-order valence-corrected chi connectivity index (χ3v) is 4.16. The van der Waals surface area contributed by atoms with Crippen molar-refractivity contribution in [3.8, 4) is 0 Å². The molecule has 0 fully saturated rings. The van der Waals surface area contributed by atoms with E-state index in [-0.39, 0.29) is 5.41 Å². The lowest BCUT2D eigenvalue weighted by Gasteiger charge is -2.34. The van der Waals surface area contributed by atoms with E-state index in [2.05, 4.69) is 28.9 Å². The van der Waals surface area contributed by atoms with E-state index in [0.29, 0.717) is 5.89 Å². The SMILES string of the molecule is CCN(CC)CCc1noc(C(C)(C)C(C)(C)N)n1. The van der Waals surface area contributed by atoms with Gasteiger partial charge in [-0.3, -0.25) is 0 Å². The largest absolute Gasteiger partial charge is 0.339 e. The van der Waals surface area contributed by atoms with Crippen molar-refractivity contribution in [2.24, 2.45) is 5.73 Å². The van der Waals surface area contributed by atoms with Crippen molar-refractivity contribution in [3.05, 3.63) is 11.7 Å². The second-order valence-electron chi connectivity index (χ2n) is 6.14. The third-order valence-electron chi connectivity index (χ3n) is 4.16. The van der Waals surface area contributed by atoms with Gasteiger partial charge in [0.2, 0.25) is 5.89 Å². The molecule has 1 aromatic rings. The average molecular weight is 268 g/mol. The standard InChI is InChI=1S/C14H28N4O/c1-7-18(8-2)10-9-11-16-12(19-17-11)13(3,4)14(5,6)15/h7-10,15H2,1-6H3. The van der Waals surface area contributed by atoms with Crippen LogP contribution in [0, 0.1) is 0 Å². The summed E-state index contributed by atoms with van der Waals surface area (Å²) in [6.45, 7) is 15.4. The van der Waals surface area contributed by atoms with Crippen LogP contribution in [0.15, 0.2) is 4.52 Å². The highest BCUT2D eigenvalue weighted by Gasteiger charge is 2.40. The molecule has 1 heterocycles. The van der Waals surface area contributed by atoms with Gasteiger partial charge >= 0.3 is 0 Å². The Balaban J connectivity index is 2.72. The molecule has 5 nitrogen and oxygen atoms in total. The minimum Gasteiger partial charge on any atom is -0.339 e. The van der Waals surface area contributed by atoms with Crippen LogP contribution in [0.1, 0.15) is 53.3 Å². The van der Waals surface area contributed by atoms with Gasteiger partial charge in [0, 0.05) is 18.5 Å². The molecule has 0 bridgehead atoms. The van der Waals surface area contributed by atoms with Gasteiger partial charge in [0.05, 0.1) is 5.41 Å². The molecule has 110 valence electrons. The van der Waals surface area contributed by atoms with Crippen molar-refractivity contribution < 1.29 is 4.52 Å². The molecule has 0 aliphatic heterocycles. The molecular formula is C14H28N4O. The summed E-state index contributed by atoms with van der Waals surface area (Å²) in [5.41, 5.74) is 5.44. The number of nitrogens with zero attached hydrogens (tertiary/aromatic N) is 3. The van der Waals surface area contributed by atoms with Crippen LogP contribution in [0.2, 0.25) is 0 Å². The number of hydrogen-bond donors (Lipinski definition) is 1. The quantitative estimate of drug-likeness (QED) is 0.819. The third kappa shape index (κ3) is 3.76. The van der Waals surface area contributed by atoms with Gasteiger partial charge in [-0.25, -0.2) is 0 Å². The molecule has 1 rings (SSSR count). The van der Waals surface area contributed by atoms with Crippen molar-refractivity contribution >= 4 is 0 Å². The van der Waals surface area contributed by atoms with Gasteiger partial charge in [-0.05, 0) is 40.8 Å². The van der Waals surface area contributed by atoms with Gasteiger partial charge in [0.25, 0.3) is 0 Å². The van der Waals surface area contributed by atoms with E-state index < -0.39 is 5.54 Å². The number of aromatic nitrogens is 2. The van der Waals surface area contributed by atoms with Crippen molar-refractivity contribution in [3.63, 3.8) is 0 Å². The smallest absolute Gasteiger partial charge is 0.234 e. The molecule has 0 aromatic carbocycles. The molecule has 19 heavy (non-hydrogen) atoms. The van der Waals surface area contributed by atoms with Crippen molar-refractivity contribution in [1.29, 1.82) is 0 Å². The van der Waals surface area contributed by atoms with E-state index in [1.54, 1.807) is 0 Å². The van der Waals surface area contributed by atoms with Crippen molar-refractivity contribution in [2.75, 3.05) is 19.6 Å². The van der Waals surface area contributed by atoms with E-state index >= 15 is 0 Å². The summed E-state index contributed by atoms with van der Waals surface area (Å²) in [5.74, 6) is 1.38. The first-order valence-electron chi connectivity index (χ1n) is 7.06. The number of rotatable bonds is 7. The lowest BCUT2D eigenvalue weighted by molar-refractivity contribution is 0.222. The summed E-state index contributed by atoms with van der Waals surface area (Å²) in [6.07, 6.45) is 0.812. The molecule has 0 amide bonds. The Bertz CT molecular complexity index is 388. The Morgan fingerprint density at radius 1 is 1.16 bits per heavy atom. The second-order valence-corrected chi connectivity index (χ2v) is 6.14. The van der Waals surface area contributed by atoms with Gasteiger partial charge in [-0.2, -0.15) is 4.98 Å². The van der Waals surface area contributed by atoms with Crippen LogP contribution in [0.5, 0.6) is 0 Å². The molecule has 0 atom stereocenters. The van der Waals surface area contributed by atoms with Crippen LogP contribution < -0.4 is 5.73 Å². The predicted octanol–water partition coefficient (Wildman–Crippen LogP) is 1.97. The molecule has 0 aliphatic carbocycles. The molecule has 0 spiro atoms. The maximum atomic E-state index is 6.18. The topological polar surface area (TPSA) is 68.2 Å². The molecule has 1 aromatic heterocycles. The van der Waals surface area contributed by atoms with Crippen LogP contribution in [0.4, 0.5) is 0 Å². The highest BCUT2D eigenvalue weighted by Crippen LogP contribution is 2.31. The summed E-state index contributed by atoms with van der Waals surface area (Å²) in [7, 11) is 0. The average Bonchev–Trinajstić information content (AvgIpc) is 2.78. The maximum absolute atomic E-state index is 6.18.